The minimum atomic E-state index is -0.730. The van der Waals surface area contributed by atoms with Gasteiger partial charge in [-0.25, -0.2) is 8.78 Å². The van der Waals surface area contributed by atoms with Crippen LogP contribution in [0.5, 0.6) is 0 Å². The van der Waals surface area contributed by atoms with E-state index in [4.69, 9.17) is 0 Å². The van der Waals surface area contributed by atoms with Crippen molar-refractivity contribution in [2.24, 2.45) is 17.8 Å². The fourth-order valence-electron chi connectivity index (χ4n) is 5.46. The fourth-order valence-corrected chi connectivity index (χ4v) is 5.46. The van der Waals surface area contributed by atoms with Crippen LogP contribution in [0.25, 0.3) is 0 Å². The summed E-state index contributed by atoms with van der Waals surface area (Å²) < 4.78 is 26.6. The molecule has 146 valence electrons. The minimum absolute atomic E-state index is 0.426. The molecular weight excluding hydrogens is 326 g/mol. The van der Waals surface area contributed by atoms with Crippen molar-refractivity contribution in [3.05, 3.63) is 35.4 Å². The van der Waals surface area contributed by atoms with Crippen LogP contribution >= 0.6 is 0 Å². The van der Waals surface area contributed by atoms with Crippen molar-refractivity contribution in [3.63, 3.8) is 0 Å². The van der Waals surface area contributed by atoms with Crippen LogP contribution in [0.4, 0.5) is 8.78 Å². The second-order valence-corrected chi connectivity index (χ2v) is 9.00. The van der Waals surface area contributed by atoms with Gasteiger partial charge in [-0.05, 0) is 67.1 Å². The molecule has 0 spiro atoms. The van der Waals surface area contributed by atoms with Crippen LogP contribution in [0.1, 0.15) is 102 Å². The van der Waals surface area contributed by atoms with Crippen LogP contribution < -0.4 is 0 Å². The first kappa shape index (κ1) is 19.8. The Balaban J connectivity index is 1.32. The lowest BCUT2D eigenvalue weighted by Crippen LogP contribution is -2.16. The third-order valence-corrected chi connectivity index (χ3v) is 7.15. The van der Waals surface area contributed by atoms with Gasteiger partial charge in [0.15, 0.2) is 11.6 Å². The zero-order chi connectivity index (χ0) is 18.4. The lowest BCUT2D eigenvalue weighted by atomic mass is 9.75. The Morgan fingerprint density at radius 1 is 0.731 bits per heavy atom. The molecule has 0 radical (unpaired) electrons. The third-order valence-electron chi connectivity index (χ3n) is 7.15. The molecule has 0 bridgehead atoms. The maximum absolute atomic E-state index is 13.4. The zero-order valence-electron chi connectivity index (χ0n) is 16.5. The summed E-state index contributed by atoms with van der Waals surface area (Å²) in [5, 5.41) is 0. The highest BCUT2D eigenvalue weighted by molar-refractivity contribution is 5.22. The van der Waals surface area contributed by atoms with Crippen molar-refractivity contribution >= 4 is 0 Å². The van der Waals surface area contributed by atoms with Crippen LogP contribution in [-0.2, 0) is 0 Å². The van der Waals surface area contributed by atoms with Gasteiger partial charge >= 0.3 is 0 Å². The highest BCUT2D eigenvalue weighted by atomic mass is 19.2. The highest BCUT2D eigenvalue weighted by Crippen LogP contribution is 2.39. The summed E-state index contributed by atoms with van der Waals surface area (Å²) in [7, 11) is 0. The molecule has 0 saturated heterocycles. The highest BCUT2D eigenvalue weighted by Gasteiger charge is 2.24. The molecular formula is C24H36F2. The molecule has 0 heterocycles. The lowest BCUT2D eigenvalue weighted by molar-refractivity contribution is 0.236. The van der Waals surface area contributed by atoms with Gasteiger partial charge in [-0.15, -0.1) is 0 Å². The van der Waals surface area contributed by atoms with Gasteiger partial charge in [0, 0.05) is 0 Å². The smallest absolute Gasteiger partial charge is 0.159 e. The first-order valence-electron chi connectivity index (χ1n) is 11.1. The van der Waals surface area contributed by atoms with Crippen LogP contribution in [0.15, 0.2) is 18.2 Å². The summed E-state index contributed by atoms with van der Waals surface area (Å²) >= 11 is 0. The molecule has 2 saturated carbocycles. The van der Waals surface area contributed by atoms with E-state index in [9.17, 15) is 8.78 Å². The standard InChI is InChI=1S/C24H36F2/c1-2-4-18-7-9-19(10-8-18)5-3-6-20-11-13-21(14-12-20)22-15-16-23(25)24(26)17-22/h15-21H,2-14H2,1H3. The minimum Gasteiger partial charge on any atom is -0.204 e. The van der Waals surface area contributed by atoms with Gasteiger partial charge in [0.25, 0.3) is 0 Å². The molecule has 2 aliphatic carbocycles. The summed E-state index contributed by atoms with van der Waals surface area (Å²) in [6, 6.07) is 4.47. The number of hydrogen-bond donors (Lipinski definition) is 0. The molecule has 1 aromatic carbocycles. The fraction of sp³-hybridized carbons (Fsp3) is 0.750. The summed E-state index contributed by atoms with van der Waals surface area (Å²) in [6.07, 6.45) is 17.6. The molecule has 26 heavy (non-hydrogen) atoms. The summed E-state index contributed by atoms with van der Waals surface area (Å²) in [4.78, 5) is 0. The molecule has 0 nitrogen and oxygen atoms in total. The normalized spacial score (nSPS) is 29.7. The predicted octanol–water partition coefficient (Wildman–Crippen LogP) is 8.02. The van der Waals surface area contributed by atoms with E-state index in [0.29, 0.717) is 5.92 Å². The van der Waals surface area contributed by atoms with E-state index in [1.807, 2.05) is 0 Å². The van der Waals surface area contributed by atoms with Crippen molar-refractivity contribution in [1.82, 2.24) is 0 Å². The monoisotopic (exact) mass is 362 g/mol. The quantitative estimate of drug-likeness (QED) is 0.460. The van der Waals surface area contributed by atoms with Crippen LogP contribution in [0.2, 0.25) is 0 Å². The summed E-state index contributed by atoms with van der Waals surface area (Å²) in [5.41, 5.74) is 0.992. The maximum Gasteiger partial charge on any atom is 0.159 e. The Bertz CT molecular complexity index is 537. The van der Waals surface area contributed by atoms with Crippen molar-refractivity contribution in [2.45, 2.75) is 96.3 Å². The van der Waals surface area contributed by atoms with E-state index in [0.717, 1.165) is 36.2 Å². The van der Waals surface area contributed by atoms with Crippen LogP contribution in [0.3, 0.4) is 0 Å². The number of rotatable bonds is 7. The van der Waals surface area contributed by atoms with E-state index >= 15 is 0 Å². The molecule has 0 N–H and O–H groups in total. The van der Waals surface area contributed by atoms with E-state index < -0.39 is 11.6 Å². The average molecular weight is 363 g/mol. The lowest BCUT2D eigenvalue weighted by Gasteiger charge is -2.31. The van der Waals surface area contributed by atoms with E-state index in [1.165, 1.54) is 82.8 Å². The Morgan fingerprint density at radius 3 is 1.81 bits per heavy atom. The Hall–Kier alpha value is -0.920. The number of halogens is 2. The second-order valence-electron chi connectivity index (χ2n) is 9.00. The first-order valence-corrected chi connectivity index (χ1v) is 11.1. The largest absolute Gasteiger partial charge is 0.204 e. The predicted molar refractivity (Wildman–Crippen MR) is 105 cm³/mol. The maximum atomic E-state index is 13.4. The molecule has 3 rings (SSSR count). The zero-order valence-corrected chi connectivity index (χ0v) is 16.5. The van der Waals surface area contributed by atoms with E-state index in [1.54, 1.807) is 6.07 Å². The molecule has 1 aromatic rings. The molecule has 2 heteroatoms. The van der Waals surface area contributed by atoms with Crippen LogP contribution in [0, 0.1) is 29.4 Å². The number of hydrogen-bond acceptors (Lipinski definition) is 0. The van der Waals surface area contributed by atoms with Gasteiger partial charge in [0.2, 0.25) is 0 Å². The van der Waals surface area contributed by atoms with Gasteiger partial charge in [-0.2, -0.15) is 0 Å². The Labute approximate surface area is 158 Å². The van der Waals surface area contributed by atoms with E-state index in [-0.39, 0.29) is 0 Å². The van der Waals surface area contributed by atoms with Gasteiger partial charge < -0.3 is 0 Å². The van der Waals surface area contributed by atoms with Crippen LogP contribution in [-0.4, -0.2) is 0 Å². The molecule has 0 unspecified atom stereocenters. The Morgan fingerprint density at radius 2 is 1.27 bits per heavy atom. The topological polar surface area (TPSA) is 0 Å². The average Bonchev–Trinajstić information content (AvgIpc) is 2.66. The van der Waals surface area contributed by atoms with Gasteiger partial charge in [-0.1, -0.05) is 70.8 Å². The van der Waals surface area contributed by atoms with Crippen molar-refractivity contribution in [2.75, 3.05) is 0 Å². The van der Waals surface area contributed by atoms with Gasteiger partial charge in [0.05, 0.1) is 0 Å². The van der Waals surface area contributed by atoms with Gasteiger partial charge in [0.1, 0.15) is 0 Å². The molecule has 0 amide bonds. The van der Waals surface area contributed by atoms with Crippen molar-refractivity contribution < 1.29 is 8.78 Å². The molecule has 2 fully saturated rings. The molecule has 0 aliphatic heterocycles. The van der Waals surface area contributed by atoms with Gasteiger partial charge in [-0.3, -0.25) is 0 Å². The first-order chi connectivity index (χ1) is 12.7. The van der Waals surface area contributed by atoms with Crippen molar-refractivity contribution in [3.8, 4) is 0 Å². The molecule has 0 atom stereocenters. The SMILES string of the molecule is CCCC1CCC(CCCC2CCC(c3ccc(F)c(F)c3)CC2)CC1. The summed E-state index contributed by atoms with van der Waals surface area (Å²) in [5.74, 6) is 1.86. The van der Waals surface area contributed by atoms with E-state index in [2.05, 4.69) is 6.92 Å². The Kier molecular flexibility index (Phi) is 7.52. The number of benzene rings is 1. The summed E-state index contributed by atoms with van der Waals surface area (Å²) in [6.45, 7) is 2.31. The van der Waals surface area contributed by atoms with Crippen molar-refractivity contribution in [1.29, 1.82) is 0 Å². The third kappa shape index (κ3) is 5.54. The molecule has 2 aliphatic rings. The second kappa shape index (κ2) is 9.85. The molecule has 0 aromatic heterocycles.